The van der Waals surface area contributed by atoms with Crippen molar-refractivity contribution in [2.24, 2.45) is 0 Å². The molecule has 112 valence electrons. The zero-order valence-electron chi connectivity index (χ0n) is 12.0. The fourth-order valence-corrected chi connectivity index (χ4v) is 1.94. The summed E-state index contributed by atoms with van der Waals surface area (Å²) >= 11 is 0. The second-order valence-corrected chi connectivity index (χ2v) is 4.71. The number of imide groups is 1. The molecule has 0 aliphatic heterocycles. The summed E-state index contributed by atoms with van der Waals surface area (Å²) in [6, 6.07) is 8.05. The zero-order valence-corrected chi connectivity index (χ0v) is 12.0. The summed E-state index contributed by atoms with van der Waals surface area (Å²) in [5.41, 5.74) is 1.62. The number of rotatable bonds is 3. The van der Waals surface area contributed by atoms with Crippen LogP contribution in [0.25, 0.3) is 0 Å². The SMILES string of the molecule is Cc1ccccc1C(=O)NC(=O)c1cnc([N+](=O)[O-])cc1C. The second kappa shape index (κ2) is 6.13. The number of carbonyl (C=O) groups is 2. The maximum atomic E-state index is 12.1. The highest BCUT2D eigenvalue weighted by Gasteiger charge is 2.19. The number of hydrogen-bond donors (Lipinski definition) is 1. The number of nitro groups is 1. The molecule has 0 saturated carbocycles. The number of benzene rings is 1. The lowest BCUT2D eigenvalue weighted by Gasteiger charge is -2.07. The van der Waals surface area contributed by atoms with Gasteiger partial charge in [0.05, 0.1) is 5.56 Å². The van der Waals surface area contributed by atoms with Gasteiger partial charge in [-0.05, 0) is 40.9 Å². The first kappa shape index (κ1) is 15.3. The van der Waals surface area contributed by atoms with Gasteiger partial charge in [0.15, 0.2) is 6.20 Å². The van der Waals surface area contributed by atoms with Crippen LogP contribution in [0.3, 0.4) is 0 Å². The molecule has 1 aromatic heterocycles. The molecule has 0 aliphatic carbocycles. The first-order chi connectivity index (χ1) is 10.4. The maximum absolute atomic E-state index is 12.1. The zero-order chi connectivity index (χ0) is 16.3. The summed E-state index contributed by atoms with van der Waals surface area (Å²) in [5.74, 6) is -1.52. The van der Waals surface area contributed by atoms with Crippen molar-refractivity contribution in [3.63, 3.8) is 0 Å². The molecule has 0 aliphatic rings. The van der Waals surface area contributed by atoms with Crippen LogP contribution in [-0.2, 0) is 0 Å². The van der Waals surface area contributed by atoms with Crippen molar-refractivity contribution in [3.8, 4) is 0 Å². The third-order valence-corrected chi connectivity index (χ3v) is 3.14. The molecule has 1 heterocycles. The Morgan fingerprint density at radius 3 is 2.32 bits per heavy atom. The molecule has 2 amide bonds. The third-order valence-electron chi connectivity index (χ3n) is 3.14. The van der Waals surface area contributed by atoms with Gasteiger partial charge < -0.3 is 10.1 Å². The van der Waals surface area contributed by atoms with Gasteiger partial charge in [-0.25, -0.2) is 0 Å². The lowest BCUT2D eigenvalue weighted by Crippen LogP contribution is -2.31. The molecule has 22 heavy (non-hydrogen) atoms. The first-order valence-corrected chi connectivity index (χ1v) is 6.42. The van der Waals surface area contributed by atoms with Crippen LogP contribution >= 0.6 is 0 Å². The van der Waals surface area contributed by atoms with Crippen LogP contribution in [0.1, 0.15) is 31.8 Å². The van der Waals surface area contributed by atoms with E-state index in [1.807, 2.05) is 0 Å². The second-order valence-electron chi connectivity index (χ2n) is 4.71. The maximum Gasteiger partial charge on any atom is 0.363 e. The molecular weight excluding hydrogens is 286 g/mol. The van der Waals surface area contributed by atoms with Crippen molar-refractivity contribution < 1.29 is 14.5 Å². The van der Waals surface area contributed by atoms with E-state index in [1.165, 1.54) is 6.07 Å². The van der Waals surface area contributed by atoms with Crippen molar-refractivity contribution >= 4 is 17.6 Å². The Labute approximate surface area is 126 Å². The Balaban J connectivity index is 2.21. The van der Waals surface area contributed by atoms with E-state index in [0.29, 0.717) is 11.1 Å². The minimum absolute atomic E-state index is 0.118. The van der Waals surface area contributed by atoms with E-state index in [-0.39, 0.29) is 11.4 Å². The van der Waals surface area contributed by atoms with E-state index in [9.17, 15) is 19.7 Å². The highest BCUT2D eigenvalue weighted by molar-refractivity contribution is 6.11. The summed E-state index contributed by atoms with van der Waals surface area (Å²) in [7, 11) is 0. The van der Waals surface area contributed by atoms with Gasteiger partial charge >= 0.3 is 5.82 Å². The molecule has 1 aromatic carbocycles. The summed E-state index contributed by atoms with van der Waals surface area (Å²) < 4.78 is 0. The molecule has 0 spiro atoms. The van der Waals surface area contributed by atoms with Crippen LogP contribution in [-0.4, -0.2) is 21.7 Å². The highest BCUT2D eigenvalue weighted by atomic mass is 16.6. The molecule has 0 radical (unpaired) electrons. The number of nitrogens with zero attached hydrogens (tertiary/aromatic N) is 2. The number of nitrogens with one attached hydrogen (secondary N) is 1. The molecular formula is C15H13N3O4. The van der Waals surface area contributed by atoms with Crippen LogP contribution in [0.4, 0.5) is 5.82 Å². The normalized spacial score (nSPS) is 10.1. The van der Waals surface area contributed by atoms with Crippen molar-refractivity contribution in [2.75, 3.05) is 0 Å². The Hall–Kier alpha value is -3.09. The number of hydrogen-bond acceptors (Lipinski definition) is 5. The molecule has 7 heteroatoms. The Morgan fingerprint density at radius 1 is 1.09 bits per heavy atom. The van der Waals surface area contributed by atoms with Gasteiger partial charge in [-0.15, -0.1) is 0 Å². The van der Waals surface area contributed by atoms with Gasteiger partial charge in [0.25, 0.3) is 11.8 Å². The molecule has 2 rings (SSSR count). The van der Waals surface area contributed by atoms with E-state index < -0.39 is 16.7 Å². The number of aryl methyl sites for hydroxylation is 2. The molecule has 1 N–H and O–H groups in total. The van der Waals surface area contributed by atoms with Crippen LogP contribution in [0.5, 0.6) is 0 Å². The quantitative estimate of drug-likeness (QED) is 0.531. The minimum Gasteiger partial charge on any atom is -0.358 e. The number of pyridine rings is 1. The molecule has 0 atom stereocenters. The van der Waals surface area contributed by atoms with Crippen molar-refractivity contribution in [2.45, 2.75) is 13.8 Å². The first-order valence-electron chi connectivity index (χ1n) is 6.42. The summed E-state index contributed by atoms with van der Waals surface area (Å²) in [6.07, 6.45) is 1.09. The summed E-state index contributed by atoms with van der Waals surface area (Å²) in [4.78, 5) is 37.7. The predicted molar refractivity (Wildman–Crippen MR) is 78.6 cm³/mol. The van der Waals surface area contributed by atoms with Crippen LogP contribution in [0, 0.1) is 24.0 Å². The van der Waals surface area contributed by atoms with Gasteiger partial charge in [0.2, 0.25) is 0 Å². The molecule has 0 fully saturated rings. The monoisotopic (exact) mass is 299 g/mol. The largest absolute Gasteiger partial charge is 0.363 e. The minimum atomic E-state index is -0.646. The number of amides is 2. The highest BCUT2D eigenvalue weighted by Crippen LogP contribution is 2.14. The summed E-state index contributed by atoms with van der Waals surface area (Å²) in [5, 5.41) is 12.9. The third kappa shape index (κ3) is 3.14. The molecule has 0 unspecified atom stereocenters. The van der Waals surface area contributed by atoms with E-state index in [1.54, 1.807) is 38.1 Å². The van der Waals surface area contributed by atoms with Gasteiger partial charge in [0, 0.05) is 11.6 Å². The lowest BCUT2D eigenvalue weighted by molar-refractivity contribution is -0.389. The van der Waals surface area contributed by atoms with Crippen molar-refractivity contribution in [3.05, 3.63) is 68.9 Å². The van der Waals surface area contributed by atoms with Crippen LogP contribution < -0.4 is 5.32 Å². The van der Waals surface area contributed by atoms with E-state index >= 15 is 0 Å². The van der Waals surface area contributed by atoms with Gasteiger partial charge in [0.1, 0.15) is 0 Å². The predicted octanol–water partition coefficient (Wildman–Crippen LogP) is 2.18. The van der Waals surface area contributed by atoms with E-state index in [2.05, 4.69) is 10.3 Å². The van der Waals surface area contributed by atoms with E-state index in [4.69, 9.17) is 0 Å². The topological polar surface area (TPSA) is 102 Å². The molecule has 0 bridgehead atoms. The Bertz CT molecular complexity index is 771. The van der Waals surface area contributed by atoms with Gasteiger partial charge in [-0.1, -0.05) is 18.2 Å². The average Bonchev–Trinajstić information content (AvgIpc) is 2.47. The average molecular weight is 299 g/mol. The Morgan fingerprint density at radius 2 is 1.73 bits per heavy atom. The fourth-order valence-electron chi connectivity index (χ4n) is 1.94. The molecule has 7 nitrogen and oxygen atoms in total. The fraction of sp³-hybridized carbons (Fsp3) is 0.133. The Kier molecular flexibility index (Phi) is 4.26. The number of aromatic nitrogens is 1. The van der Waals surface area contributed by atoms with Crippen molar-refractivity contribution in [1.82, 2.24) is 10.3 Å². The van der Waals surface area contributed by atoms with Crippen LogP contribution in [0.2, 0.25) is 0 Å². The number of carbonyl (C=O) groups excluding carboxylic acids is 2. The molecule has 0 saturated heterocycles. The van der Waals surface area contributed by atoms with Gasteiger partial charge in [-0.2, -0.15) is 0 Å². The van der Waals surface area contributed by atoms with Crippen LogP contribution in [0.15, 0.2) is 36.5 Å². The molecule has 2 aromatic rings. The van der Waals surface area contributed by atoms with Gasteiger partial charge in [-0.3, -0.25) is 14.9 Å². The lowest BCUT2D eigenvalue weighted by atomic mass is 10.1. The standard InChI is InChI=1S/C15H13N3O4/c1-9-5-3-4-6-11(9)14(19)17-15(20)12-8-16-13(18(21)22)7-10(12)2/h3-8H,1-2H3,(H,17,19,20). The smallest absolute Gasteiger partial charge is 0.358 e. The van der Waals surface area contributed by atoms with Crippen molar-refractivity contribution in [1.29, 1.82) is 0 Å². The summed E-state index contributed by atoms with van der Waals surface area (Å²) in [6.45, 7) is 3.31. The van der Waals surface area contributed by atoms with E-state index in [0.717, 1.165) is 11.8 Å².